The zero-order valence-electron chi connectivity index (χ0n) is 8.53. The fraction of sp³-hybridized carbons (Fsp3) is 0.154. The van der Waals surface area contributed by atoms with Crippen molar-refractivity contribution < 1.29 is 4.74 Å². The van der Waals surface area contributed by atoms with Gasteiger partial charge in [-0.1, -0.05) is 24.1 Å². The molecule has 0 radical (unpaired) electrons. The number of hydrogen-bond donors (Lipinski definition) is 0. The number of aromatic nitrogens is 1. The minimum Gasteiger partial charge on any atom is -0.479 e. The lowest BCUT2D eigenvalue weighted by atomic mass is 10.2. The highest BCUT2D eigenvalue weighted by Crippen LogP contribution is 2.17. The minimum atomic E-state index is 0.413. The molecule has 0 N–H and O–H groups in total. The monoisotopic (exact) mass is 197 g/mol. The number of ether oxygens (including phenoxy) is 1. The van der Waals surface area contributed by atoms with E-state index in [-0.39, 0.29) is 0 Å². The number of hydrogen-bond acceptors (Lipinski definition) is 2. The second-order valence-electron chi connectivity index (χ2n) is 3.08. The summed E-state index contributed by atoms with van der Waals surface area (Å²) in [6.07, 6.45) is 1.72. The van der Waals surface area contributed by atoms with Crippen LogP contribution in [0.15, 0.2) is 36.5 Å². The first-order valence-corrected chi connectivity index (χ1v) is 4.77. The van der Waals surface area contributed by atoms with Gasteiger partial charge in [-0.2, -0.15) is 0 Å². The summed E-state index contributed by atoms with van der Waals surface area (Å²) >= 11 is 0. The average Bonchev–Trinajstić information content (AvgIpc) is 2.29. The van der Waals surface area contributed by atoms with E-state index in [0.717, 1.165) is 16.7 Å². The number of rotatable bonds is 2. The predicted molar refractivity (Wildman–Crippen MR) is 60.7 cm³/mol. The third kappa shape index (κ3) is 2.26. The lowest BCUT2D eigenvalue weighted by Gasteiger charge is -2.02. The number of para-hydroxylation sites is 1. The zero-order chi connectivity index (χ0) is 10.5. The lowest BCUT2D eigenvalue weighted by Crippen LogP contribution is -1.94. The summed E-state index contributed by atoms with van der Waals surface area (Å²) in [7, 11) is 0. The van der Waals surface area contributed by atoms with Crippen molar-refractivity contribution in [1.29, 1.82) is 0 Å². The molecular formula is C13H11NO. The maximum absolute atomic E-state index is 5.42. The molecule has 0 saturated carbocycles. The van der Waals surface area contributed by atoms with Crippen LogP contribution in [0.1, 0.15) is 6.92 Å². The SMILES string of the molecule is CC#CCOc1cnc2ccccc2c1. The molecule has 74 valence electrons. The first-order valence-electron chi connectivity index (χ1n) is 4.77. The molecule has 1 aromatic carbocycles. The first-order chi connectivity index (χ1) is 7.40. The summed E-state index contributed by atoms with van der Waals surface area (Å²) in [4.78, 5) is 4.29. The molecule has 2 nitrogen and oxygen atoms in total. The molecule has 0 aliphatic heterocycles. The lowest BCUT2D eigenvalue weighted by molar-refractivity contribution is 0.369. The van der Waals surface area contributed by atoms with E-state index in [4.69, 9.17) is 4.74 Å². The van der Waals surface area contributed by atoms with Gasteiger partial charge < -0.3 is 4.74 Å². The van der Waals surface area contributed by atoms with Gasteiger partial charge in [0.05, 0.1) is 11.7 Å². The molecule has 2 rings (SSSR count). The highest BCUT2D eigenvalue weighted by Gasteiger charge is 1.96. The third-order valence-electron chi connectivity index (χ3n) is 2.05. The highest BCUT2D eigenvalue weighted by molar-refractivity contribution is 5.79. The maximum Gasteiger partial charge on any atom is 0.149 e. The maximum atomic E-state index is 5.42. The van der Waals surface area contributed by atoms with Crippen molar-refractivity contribution in [3.05, 3.63) is 36.5 Å². The van der Waals surface area contributed by atoms with Crippen LogP contribution in [0.2, 0.25) is 0 Å². The molecule has 0 unspecified atom stereocenters. The van der Waals surface area contributed by atoms with Crippen LogP contribution >= 0.6 is 0 Å². The number of nitrogens with zero attached hydrogens (tertiary/aromatic N) is 1. The smallest absolute Gasteiger partial charge is 0.149 e. The van der Waals surface area contributed by atoms with Crippen molar-refractivity contribution in [2.24, 2.45) is 0 Å². The second-order valence-corrected chi connectivity index (χ2v) is 3.08. The Kier molecular flexibility index (Phi) is 2.85. The van der Waals surface area contributed by atoms with Crippen LogP contribution in [-0.2, 0) is 0 Å². The van der Waals surface area contributed by atoms with Crippen LogP contribution in [0.4, 0.5) is 0 Å². The van der Waals surface area contributed by atoms with E-state index >= 15 is 0 Å². The summed E-state index contributed by atoms with van der Waals surface area (Å²) in [5.41, 5.74) is 0.978. The van der Waals surface area contributed by atoms with Gasteiger partial charge in [-0.05, 0) is 19.1 Å². The largest absolute Gasteiger partial charge is 0.479 e. The number of pyridine rings is 1. The molecule has 1 heterocycles. The van der Waals surface area contributed by atoms with E-state index in [9.17, 15) is 0 Å². The Labute approximate surface area is 88.9 Å². The molecule has 0 aliphatic carbocycles. The molecule has 2 heteroatoms. The minimum absolute atomic E-state index is 0.413. The topological polar surface area (TPSA) is 22.1 Å². The van der Waals surface area contributed by atoms with Crippen molar-refractivity contribution in [2.45, 2.75) is 6.92 Å². The molecule has 15 heavy (non-hydrogen) atoms. The van der Waals surface area contributed by atoms with Crippen molar-refractivity contribution in [2.75, 3.05) is 6.61 Å². The van der Waals surface area contributed by atoms with Crippen molar-refractivity contribution in [1.82, 2.24) is 4.98 Å². The number of fused-ring (bicyclic) bond motifs is 1. The van der Waals surface area contributed by atoms with Gasteiger partial charge in [-0.25, -0.2) is 0 Å². The summed E-state index contributed by atoms with van der Waals surface area (Å²) < 4.78 is 5.42. The van der Waals surface area contributed by atoms with E-state index < -0.39 is 0 Å². The number of benzene rings is 1. The standard InChI is InChI=1S/C13H11NO/c1-2-3-8-15-12-9-11-6-4-5-7-13(11)14-10-12/h4-7,9-10H,8H2,1H3. The Morgan fingerprint density at radius 2 is 2.20 bits per heavy atom. The fourth-order valence-electron chi connectivity index (χ4n) is 1.32. The molecule has 0 atom stereocenters. The predicted octanol–water partition coefficient (Wildman–Crippen LogP) is 2.64. The van der Waals surface area contributed by atoms with E-state index in [1.54, 1.807) is 13.1 Å². The Morgan fingerprint density at radius 1 is 1.33 bits per heavy atom. The molecule has 2 aromatic rings. The second kappa shape index (κ2) is 4.47. The van der Waals surface area contributed by atoms with Gasteiger partial charge in [0.25, 0.3) is 0 Å². The van der Waals surface area contributed by atoms with E-state index in [1.165, 1.54) is 0 Å². The van der Waals surface area contributed by atoms with Crippen LogP contribution in [0, 0.1) is 11.8 Å². The third-order valence-corrected chi connectivity index (χ3v) is 2.05. The van der Waals surface area contributed by atoms with Crippen LogP contribution in [0.25, 0.3) is 10.9 Å². The van der Waals surface area contributed by atoms with Gasteiger partial charge in [-0.3, -0.25) is 4.98 Å². The van der Waals surface area contributed by atoms with Crippen LogP contribution in [0.5, 0.6) is 5.75 Å². The quantitative estimate of drug-likeness (QED) is 0.690. The van der Waals surface area contributed by atoms with E-state index in [2.05, 4.69) is 16.8 Å². The molecule has 0 saturated heterocycles. The van der Waals surface area contributed by atoms with Crippen LogP contribution < -0.4 is 4.74 Å². The van der Waals surface area contributed by atoms with E-state index in [1.807, 2.05) is 30.3 Å². The zero-order valence-corrected chi connectivity index (χ0v) is 8.53. The summed E-state index contributed by atoms with van der Waals surface area (Å²) in [5.74, 6) is 6.39. The normalized spacial score (nSPS) is 9.40. The summed E-state index contributed by atoms with van der Waals surface area (Å²) in [6.45, 7) is 2.21. The van der Waals surface area contributed by atoms with Crippen LogP contribution in [0.3, 0.4) is 0 Å². The van der Waals surface area contributed by atoms with Crippen molar-refractivity contribution >= 4 is 10.9 Å². The molecule has 0 bridgehead atoms. The van der Waals surface area contributed by atoms with Crippen molar-refractivity contribution in [3.63, 3.8) is 0 Å². The Morgan fingerprint density at radius 3 is 3.07 bits per heavy atom. The highest BCUT2D eigenvalue weighted by atomic mass is 16.5. The molecular weight excluding hydrogens is 186 g/mol. The van der Waals surface area contributed by atoms with Crippen LogP contribution in [-0.4, -0.2) is 11.6 Å². The van der Waals surface area contributed by atoms with Gasteiger partial charge in [-0.15, -0.1) is 5.92 Å². The van der Waals surface area contributed by atoms with E-state index in [0.29, 0.717) is 6.61 Å². The Hall–Kier alpha value is -2.01. The fourth-order valence-corrected chi connectivity index (χ4v) is 1.32. The Bertz CT molecular complexity index is 523. The molecule has 0 fully saturated rings. The first kappa shape index (κ1) is 9.54. The van der Waals surface area contributed by atoms with Gasteiger partial charge in [0.15, 0.2) is 0 Å². The van der Waals surface area contributed by atoms with Gasteiger partial charge in [0.1, 0.15) is 12.4 Å². The van der Waals surface area contributed by atoms with Gasteiger partial charge >= 0.3 is 0 Å². The summed E-state index contributed by atoms with van der Waals surface area (Å²) in [5, 5.41) is 1.08. The molecule has 1 aromatic heterocycles. The Balaban J connectivity index is 2.25. The summed E-state index contributed by atoms with van der Waals surface area (Å²) in [6, 6.07) is 9.92. The molecule has 0 amide bonds. The van der Waals surface area contributed by atoms with Gasteiger partial charge in [0.2, 0.25) is 0 Å². The molecule has 0 aliphatic rings. The molecule has 0 spiro atoms. The average molecular weight is 197 g/mol. The van der Waals surface area contributed by atoms with Crippen molar-refractivity contribution in [3.8, 4) is 17.6 Å². The van der Waals surface area contributed by atoms with Gasteiger partial charge in [0, 0.05) is 5.39 Å².